The number of H-pyrrole nitrogens is 1. The van der Waals surface area contributed by atoms with E-state index < -0.39 is 16.1 Å². The van der Waals surface area contributed by atoms with E-state index in [2.05, 4.69) is 14.7 Å². The van der Waals surface area contributed by atoms with Gasteiger partial charge in [-0.2, -0.15) is 8.42 Å². The summed E-state index contributed by atoms with van der Waals surface area (Å²) in [5, 5.41) is 9.61. The van der Waals surface area contributed by atoms with Crippen LogP contribution in [0.4, 0.5) is 5.69 Å². The maximum atomic E-state index is 12.1. The average Bonchev–Trinajstić information content (AvgIpc) is 2.76. The summed E-state index contributed by atoms with van der Waals surface area (Å²) in [5.74, 6) is 0.518. The molecule has 1 aromatic heterocycles. The molecule has 7 heteroatoms. The van der Waals surface area contributed by atoms with Gasteiger partial charge >= 0.3 is 0 Å². The lowest BCUT2D eigenvalue weighted by atomic mass is 10.1. The molecular formula is C12H15N3O3S. The van der Waals surface area contributed by atoms with Crippen LogP contribution in [0.2, 0.25) is 0 Å². The second-order valence-corrected chi connectivity index (χ2v) is 5.85. The van der Waals surface area contributed by atoms with Crippen molar-refractivity contribution in [3.05, 3.63) is 41.9 Å². The van der Waals surface area contributed by atoms with Gasteiger partial charge in [-0.05, 0) is 19.9 Å². The minimum atomic E-state index is -3.73. The number of imidazole rings is 1. The maximum absolute atomic E-state index is 12.1. The van der Waals surface area contributed by atoms with Crippen LogP contribution in [0.3, 0.4) is 0 Å². The molecule has 0 amide bonds. The first-order valence-electron chi connectivity index (χ1n) is 5.71. The first-order valence-corrected chi connectivity index (χ1v) is 7.20. The molecule has 3 N–H and O–H groups in total. The van der Waals surface area contributed by atoms with Gasteiger partial charge < -0.3 is 10.1 Å². The molecule has 0 spiro atoms. The van der Waals surface area contributed by atoms with Gasteiger partial charge in [-0.1, -0.05) is 18.2 Å². The Labute approximate surface area is 111 Å². The highest BCUT2D eigenvalue weighted by molar-refractivity contribution is 7.92. The Morgan fingerprint density at radius 3 is 2.63 bits per heavy atom. The Morgan fingerprint density at radius 2 is 2.05 bits per heavy atom. The Balaban J connectivity index is 2.36. The largest absolute Gasteiger partial charge is 0.389 e. The highest BCUT2D eigenvalue weighted by Crippen LogP contribution is 2.24. The monoisotopic (exact) mass is 281 g/mol. The molecule has 2 aromatic rings. The van der Waals surface area contributed by atoms with E-state index in [4.69, 9.17) is 0 Å². The van der Waals surface area contributed by atoms with Crippen molar-refractivity contribution in [1.82, 2.24) is 9.97 Å². The molecule has 0 radical (unpaired) electrons. The molecule has 6 nitrogen and oxygen atoms in total. The molecule has 0 aliphatic rings. The summed E-state index contributed by atoms with van der Waals surface area (Å²) in [6.07, 6.45) is 0.491. The highest BCUT2D eigenvalue weighted by atomic mass is 32.2. The molecule has 0 aliphatic carbocycles. The van der Waals surface area contributed by atoms with Crippen LogP contribution in [0, 0.1) is 6.92 Å². The van der Waals surface area contributed by atoms with Crippen LogP contribution in [-0.4, -0.2) is 23.5 Å². The summed E-state index contributed by atoms with van der Waals surface area (Å²) in [7, 11) is -3.73. The Kier molecular flexibility index (Phi) is 3.59. The molecule has 102 valence electrons. The molecule has 2 rings (SSSR count). The van der Waals surface area contributed by atoms with Crippen molar-refractivity contribution >= 4 is 15.7 Å². The number of nitrogens with zero attached hydrogens (tertiary/aromatic N) is 1. The van der Waals surface area contributed by atoms with Gasteiger partial charge in [0, 0.05) is 5.56 Å². The predicted molar refractivity (Wildman–Crippen MR) is 71.2 cm³/mol. The van der Waals surface area contributed by atoms with E-state index in [0.29, 0.717) is 17.1 Å². The average molecular weight is 281 g/mol. The highest BCUT2D eigenvalue weighted by Gasteiger charge is 2.19. The standard InChI is InChI=1S/C12H15N3O3S/c1-8(16)10-5-3-4-6-11(10)15-19(17,18)12-7-13-9(2)14-12/h3-8,15-16H,1-2H3,(H,13,14). The number of nitrogens with one attached hydrogen (secondary N) is 2. The summed E-state index contributed by atoms with van der Waals surface area (Å²) >= 11 is 0. The van der Waals surface area contributed by atoms with E-state index in [1.54, 1.807) is 38.1 Å². The third kappa shape index (κ3) is 2.94. The van der Waals surface area contributed by atoms with Crippen LogP contribution in [0.5, 0.6) is 0 Å². The lowest BCUT2D eigenvalue weighted by Gasteiger charge is -2.13. The molecular weight excluding hydrogens is 266 g/mol. The van der Waals surface area contributed by atoms with Gasteiger partial charge in [0.05, 0.1) is 18.0 Å². The molecule has 0 bridgehead atoms. The van der Waals surface area contributed by atoms with Crippen molar-refractivity contribution < 1.29 is 13.5 Å². The van der Waals surface area contributed by atoms with E-state index in [-0.39, 0.29) is 5.03 Å². The third-order valence-corrected chi connectivity index (χ3v) is 3.90. The molecule has 1 atom stereocenters. The number of hydrogen-bond acceptors (Lipinski definition) is 4. The maximum Gasteiger partial charge on any atom is 0.278 e. The van der Waals surface area contributed by atoms with Crippen molar-refractivity contribution in [3.63, 3.8) is 0 Å². The lowest BCUT2D eigenvalue weighted by molar-refractivity contribution is 0.200. The summed E-state index contributed by atoms with van der Waals surface area (Å²) in [6, 6.07) is 6.70. The molecule has 19 heavy (non-hydrogen) atoms. The van der Waals surface area contributed by atoms with Crippen LogP contribution in [-0.2, 0) is 10.0 Å². The molecule has 0 aliphatic heterocycles. The van der Waals surface area contributed by atoms with E-state index in [0.717, 1.165) is 0 Å². The third-order valence-electron chi connectivity index (χ3n) is 2.62. The number of benzene rings is 1. The molecule has 0 saturated heterocycles. The fourth-order valence-corrected chi connectivity index (χ4v) is 2.75. The second kappa shape index (κ2) is 5.02. The van der Waals surface area contributed by atoms with Crippen molar-refractivity contribution in [2.24, 2.45) is 0 Å². The first kappa shape index (κ1) is 13.6. The fraction of sp³-hybridized carbons (Fsp3) is 0.250. The normalized spacial score (nSPS) is 13.2. The van der Waals surface area contributed by atoms with Gasteiger partial charge in [-0.25, -0.2) is 4.98 Å². The van der Waals surface area contributed by atoms with Gasteiger partial charge in [0.15, 0.2) is 5.03 Å². The van der Waals surface area contributed by atoms with Crippen LogP contribution in [0.15, 0.2) is 35.5 Å². The number of para-hydroxylation sites is 1. The van der Waals surface area contributed by atoms with Gasteiger partial charge in [0.2, 0.25) is 0 Å². The van der Waals surface area contributed by atoms with Gasteiger partial charge in [0.1, 0.15) is 5.82 Å². The second-order valence-electron chi connectivity index (χ2n) is 4.20. The Morgan fingerprint density at radius 1 is 1.37 bits per heavy atom. The number of hydrogen-bond donors (Lipinski definition) is 3. The summed E-state index contributed by atoms with van der Waals surface area (Å²) in [4.78, 5) is 6.52. The van der Waals surface area contributed by atoms with Crippen molar-refractivity contribution in [2.75, 3.05) is 4.72 Å². The number of sulfonamides is 1. The number of aliphatic hydroxyl groups excluding tert-OH is 1. The van der Waals surface area contributed by atoms with Crippen LogP contribution in [0.1, 0.15) is 24.4 Å². The number of aromatic nitrogens is 2. The summed E-state index contributed by atoms with van der Waals surface area (Å²) in [6.45, 7) is 3.25. The zero-order valence-electron chi connectivity index (χ0n) is 10.6. The molecule has 0 saturated carbocycles. The first-order chi connectivity index (χ1) is 8.90. The number of rotatable bonds is 4. The Bertz CT molecular complexity index is 677. The van der Waals surface area contributed by atoms with Crippen LogP contribution >= 0.6 is 0 Å². The topological polar surface area (TPSA) is 95.1 Å². The lowest BCUT2D eigenvalue weighted by Crippen LogP contribution is -2.15. The van der Waals surface area contributed by atoms with Crippen LogP contribution < -0.4 is 4.72 Å². The molecule has 1 heterocycles. The number of aryl methyl sites for hydroxylation is 1. The van der Waals surface area contributed by atoms with E-state index in [1.807, 2.05) is 0 Å². The van der Waals surface area contributed by atoms with Gasteiger partial charge in [-0.15, -0.1) is 0 Å². The summed E-state index contributed by atoms with van der Waals surface area (Å²) in [5.41, 5.74) is 0.868. The minimum absolute atomic E-state index is 0.00889. The molecule has 1 unspecified atom stereocenters. The smallest absolute Gasteiger partial charge is 0.278 e. The zero-order chi connectivity index (χ0) is 14.0. The number of anilines is 1. The van der Waals surface area contributed by atoms with Gasteiger partial charge in [0.25, 0.3) is 10.0 Å². The molecule has 0 fully saturated rings. The Hall–Kier alpha value is -1.86. The SMILES string of the molecule is Cc1ncc(S(=O)(=O)Nc2ccccc2C(C)O)[nH]1. The van der Waals surface area contributed by atoms with E-state index in [9.17, 15) is 13.5 Å². The molecule has 1 aromatic carbocycles. The zero-order valence-corrected chi connectivity index (χ0v) is 11.4. The van der Waals surface area contributed by atoms with Crippen molar-refractivity contribution in [2.45, 2.75) is 25.0 Å². The van der Waals surface area contributed by atoms with Crippen LogP contribution in [0.25, 0.3) is 0 Å². The number of aliphatic hydroxyl groups is 1. The quantitative estimate of drug-likeness (QED) is 0.792. The van der Waals surface area contributed by atoms with Crippen molar-refractivity contribution in [3.8, 4) is 0 Å². The minimum Gasteiger partial charge on any atom is -0.389 e. The fourth-order valence-electron chi connectivity index (χ4n) is 1.69. The number of aromatic amines is 1. The predicted octanol–water partition coefficient (Wildman–Crippen LogP) is 1.57. The van der Waals surface area contributed by atoms with E-state index >= 15 is 0 Å². The van der Waals surface area contributed by atoms with Crippen molar-refractivity contribution in [1.29, 1.82) is 0 Å². The van der Waals surface area contributed by atoms with Gasteiger partial charge in [-0.3, -0.25) is 4.72 Å². The van der Waals surface area contributed by atoms with E-state index in [1.165, 1.54) is 6.20 Å². The summed E-state index contributed by atoms with van der Waals surface area (Å²) < 4.78 is 26.7.